The maximum Gasteiger partial charge on any atom is 1.00 e. The zero-order valence-electron chi connectivity index (χ0n) is 20.8. The molecule has 0 saturated carbocycles. The minimum atomic E-state index is -6.18. The second kappa shape index (κ2) is 15.3. The Morgan fingerprint density at radius 1 is 0.537 bits per heavy atom. The SMILES string of the molecule is CC(OCC(COC(C)=C(C(F)(F)F)C(F)(F)F)(COS(=O)(=O)[O-])COS(=O)(=O)[O-])=C(C(F)(F)F)C(F)(F)F.[Li+].[Li+]. The molecule has 26 heteroatoms. The van der Waals surface area contributed by atoms with E-state index in [0.717, 1.165) is 0 Å². The van der Waals surface area contributed by atoms with Crippen LogP contribution in [0.25, 0.3) is 0 Å². The van der Waals surface area contributed by atoms with Gasteiger partial charge in [-0.1, -0.05) is 0 Å². The van der Waals surface area contributed by atoms with E-state index < -0.39 is 100 Å². The molecule has 0 heterocycles. The van der Waals surface area contributed by atoms with E-state index in [1.807, 2.05) is 0 Å². The van der Waals surface area contributed by atoms with Gasteiger partial charge >= 0.3 is 62.4 Å². The first kappa shape index (κ1) is 44.6. The third-order valence-corrected chi connectivity index (χ3v) is 4.86. The molecule has 0 aromatic heterocycles. The van der Waals surface area contributed by atoms with Gasteiger partial charge in [0.05, 0.1) is 18.6 Å². The van der Waals surface area contributed by atoms with Gasteiger partial charge in [0.2, 0.25) is 20.8 Å². The van der Waals surface area contributed by atoms with Gasteiger partial charge in [-0.25, -0.2) is 16.8 Å². The number of hydrogen-bond acceptors (Lipinski definition) is 10. The largest absolute Gasteiger partial charge is 1.00 e. The molecule has 0 aromatic rings. The van der Waals surface area contributed by atoms with Gasteiger partial charge in [0.15, 0.2) is 11.1 Å². The van der Waals surface area contributed by atoms with Crippen molar-refractivity contribution in [2.45, 2.75) is 38.6 Å². The number of allylic oxidation sites excluding steroid dienone is 4. The second-order valence-corrected chi connectivity index (χ2v) is 9.38. The summed E-state index contributed by atoms with van der Waals surface area (Å²) in [6.45, 7) is -7.77. The van der Waals surface area contributed by atoms with Gasteiger partial charge in [0, 0.05) is 0 Å². The van der Waals surface area contributed by atoms with Crippen LogP contribution in [0.1, 0.15) is 13.8 Å². The zero-order chi connectivity index (χ0) is 31.5. The molecule has 0 fully saturated rings. The summed E-state index contributed by atoms with van der Waals surface area (Å²) in [5.41, 5.74) is -9.82. The Kier molecular flexibility index (Phi) is 16.6. The van der Waals surface area contributed by atoms with Crippen LogP contribution in [0.5, 0.6) is 0 Å². The first-order valence-electron chi connectivity index (χ1n) is 9.08. The van der Waals surface area contributed by atoms with Crippen LogP contribution < -0.4 is 37.7 Å². The molecule has 0 rings (SSSR count). The monoisotopic (exact) mass is 660 g/mol. The van der Waals surface area contributed by atoms with Crippen molar-refractivity contribution in [3.8, 4) is 0 Å². The third kappa shape index (κ3) is 16.6. The third-order valence-electron chi connectivity index (χ3n) is 4.05. The van der Waals surface area contributed by atoms with Crippen LogP contribution in [-0.4, -0.2) is 77.1 Å². The van der Waals surface area contributed by atoms with E-state index in [0.29, 0.717) is 0 Å². The maximum absolute atomic E-state index is 12.9. The Morgan fingerprint density at radius 2 is 0.756 bits per heavy atom. The van der Waals surface area contributed by atoms with Crippen molar-refractivity contribution in [1.82, 2.24) is 0 Å². The van der Waals surface area contributed by atoms with Crippen LogP contribution in [0.4, 0.5) is 52.7 Å². The number of alkyl halides is 12. The minimum absolute atomic E-state index is 0. The van der Waals surface area contributed by atoms with Crippen molar-refractivity contribution >= 4 is 20.8 Å². The van der Waals surface area contributed by atoms with Crippen molar-refractivity contribution in [1.29, 1.82) is 0 Å². The Balaban J connectivity index is -0.00000722. The molecule has 0 atom stereocenters. The van der Waals surface area contributed by atoms with E-state index >= 15 is 0 Å². The van der Waals surface area contributed by atoms with Crippen molar-refractivity contribution in [2.75, 3.05) is 26.4 Å². The average molecular weight is 660 g/mol. The minimum Gasteiger partial charge on any atom is -0.726 e. The number of halogens is 12. The summed E-state index contributed by atoms with van der Waals surface area (Å²) in [4.78, 5) is 0. The molecule has 0 bridgehead atoms. The molecular weight excluding hydrogens is 646 g/mol. The number of hydrogen-bond donors (Lipinski definition) is 0. The van der Waals surface area contributed by atoms with Crippen LogP contribution in [0, 0.1) is 5.41 Å². The fourth-order valence-corrected chi connectivity index (χ4v) is 3.22. The van der Waals surface area contributed by atoms with Gasteiger partial charge in [-0.2, -0.15) is 52.7 Å². The Bertz CT molecular complexity index is 1020. The molecule has 232 valence electrons. The van der Waals surface area contributed by atoms with E-state index in [4.69, 9.17) is 0 Å². The van der Waals surface area contributed by atoms with Crippen LogP contribution in [0.2, 0.25) is 0 Å². The summed E-state index contributed by atoms with van der Waals surface area (Å²) in [7, 11) is -11.8. The molecule has 0 spiro atoms. The molecule has 0 aliphatic rings. The van der Waals surface area contributed by atoms with Crippen molar-refractivity contribution in [3.05, 3.63) is 22.7 Å². The molecule has 0 radical (unpaired) electrons. The quantitative estimate of drug-likeness (QED) is 0.0740. The van der Waals surface area contributed by atoms with Gasteiger partial charge in [-0.3, -0.25) is 8.37 Å². The molecule has 41 heavy (non-hydrogen) atoms. The Hall–Kier alpha value is -0.825. The van der Waals surface area contributed by atoms with Crippen molar-refractivity contribution in [2.24, 2.45) is 5.41 Å². The summed E-state index contributed by atoms with van der Waals surface area (Å²) in [5, 5.41) is 0. The van der Waals surface area contributed by atoms with Gasteiger partial charge in [0.1, 0.15) is 24.7 Å². The molecule has 10 nitrogen and oxygen atoms in total. The predicted molar refractivity (Wildman–Crippen MR) is 95.3 cm³/mol. The first-order chi connectivity index (χ1) is 16.9. The molecule has 0 N–H and O–H groups in total. The van der Waals surface area contributed by atoms with E-state index in [9.17, 15) is 78.6 Å². The first-order valence-corrected chi connectivity index (χ1v) is 11.7. The average Bonchev–Trinajstić information content (AvgIpc) is 2.60. The topological polar surface area (TPSA) is 151 Å². The van der Waals surface area contributed by atoms with Gasteiger partial charge < -0.3 is 18.6 Å². The summed E-state index contributed by atoms with van der Waals surface area (Å²) in [6, 6.07) is 0. The standard InChI is InChI=1S/C15H16F12O10S2.2Li/c1-7(9(12(16,17)18)13(19,20)21)34-3-11(5-36-38(28,29)30,6-37-39(31,32)33)4-35-8(2)10(14(22,23)24)15(25,26)27;;/h3-6H2,1-2H3,(H,28,29,30)(H,31,32,33);;/q;2*+1/p-2. The van der Waals surface area contributed by atoms with Crippen LogP contribution in [0.3, 0.4) is 0 Å². The summed E-state index contributed by atoms with van der Waals surface area (Å²) in [6.07, 6.45) is -24.7. The molecule has 0 aromatic carbocycles. The molecule has 0 amide bonds. The second-order valence-electron chi connectivity index (χ2n) is 7.27. The fourth-order valence-electron chi connectivity index (χ4n) is 2.43. The molecule has 0 aliphatic carbocycles. The summed E-state index contributed by atoms with van der Waals surface area (Å²) < 4.78 is 235. The Labute approximate surface area is 247 Å². The van der Waals surface area contributed by atoms with E-state index in [2.05, 4.69) is 17.8 Å². The van der Waals surface area contributed by atoms with E-state index in [-0.39, 0.29) is 51.6 Å². The normalized spacial score (nSPS) is 13.5. The van der Waals surface area contributed by atoms with Crippen LogP contribution in [0.15, 0.2) is 22.7 Å². The van der Waals surface area contributed by atoms with E-state index in [1.54, 1.807) is 0 Å². The smallest absolute Gasteiger partial charge is 0.726 e. The molecule has 0 saturated heterocycles. The molecule has 0 aliphatic heterocycles. The number of ether oxygens (including phenoxy) is 2. The number of rotatable bonds is 12. The predicted octanol–water partition coefficient (Wildman–Crippen LogP) is -2.24. The Morgan fingerprint density at radius 3 is 0.927 bits per heavy atom. The van der Waals surface area contributed by atoms with E-state index in [1.165, 1.54) is 0 Å². The van der Waals surface area contributed by atoms with Crippen LogP contribution in [-0.2, 0) is 38.6 Å². The zero-order valence-corrected chi connectivity index (χ0v) is 22.4. The fraction of sp³-hybridized carbons (Fsp3) is 0.733. The summed E-state index contributed by atoms with van der Waals surface area (Å²) in [5.74, 6) is -4.18. The van der Waals surface area contributed by atoms with Gasteiger partial charge in [0.25, 0.3) is 0 Å². The maximum atomic E-state index is 12.9. The van der Waals surface area contributed by atoms with Crippen LogP contribution >= 0.6 is 0 Å². The summed E-state index contributed by atoms with van der Waals surface area (Å²) >= 11 is 0. The van der Waals surface area contributed by atoms with Gasteiger partial charge in [-0.15, -0.1) is 0 Å². The van der Waals surface area contributed by atoms with Crippen molar-refractivity contribution in [3.63, 3.8) is 0 Å². The van der Waals surface area contributed by atoms with Crippen molar-refractivity contribution < 1.29 is 134 Å². The molecular formula is C15H14F12Li2O10S2. The molecule has 0 unspecified atom stereocenters. The van der Waals surface area contributed by atoms with Gasteiger partial charge in [-0.05, 0) is 13.8 Å².